The highest BCUT2D eigenvalue weighted by molar-refractivity contribution is 7.09. The van der Waals surface area contributed by atoms with Crippen molar-refractivity contribution in [2.24, 2.45) is 0 Å². The summed E-state index contributed by atoms with van der Waals surface area (Å²) in [7, 11) is 2.18. The van der Waals surface area contributed by atoms with E-state index in [1.165, 1.54) is 10.4 Å². The van der Waals surface area contributed by atoms with E-state index < -0.39 is 0 Å². The van der Waals surface area contributed by atoms with Crippen molar-refractivity contribution in [3.63, 3.8) is 0 Å². The number of nitrogens with zero attached hydrogens (tertiary/aromatic N) is 1. The van der Waals surface area contributed by atoms with Gasteiger partial charge < -0.3 is 5.73 Å². The van der Waals surface area contributed by atoms with Crippen molar-refractivity contribution < 1.29 is 0 Å². The molecule has 0 spiro atoms. The van der Waals surface area contributed by atoms with Gasteiger partial charge in [0.15, 0.2) is 0 Å². The normalized spacial score (nSPS) is 12.8. The summed E-state index contributed by atoms with van der Waals surface area (Å²) in [5.41, 5.74) is 7.86. The number of hydrogen-bond donors (Lipinski definition) is 1. The van der Waals surface area contributed by atoms with Gasteiger partial charge in [0, 0.05) is 23.2 Å². The van der Waals surface area contributed by atoms with E-state index in [2.05, 4.69) is 48.5 Å². The summed E-state index contributed by atoms with van der Waals surface area (Å²) >= 11 is 1.83. The SMILES string of the molecule is CC(c1ccc(N)cc1)N(C)CCc1cccs1. The predicted octanol–water partition coefficient (Wildman–Crippen LogP) is 3.57. The lowest BCUT2D eigenvalue weighted by atomic mass is 10.1. The van der Waals surface area contributed by atoms with Gasteiger partial charge in [0.05, 0.1) is 0 Å². The topological polar surface area (TPSA) is 29.3 Å². The highest BCUT2D eigenvalue weighted by atomic mass is 32.1. The molecule has 3 heteroatoms. The monoisotopic (exact) mass is 260 g/mol. The minimum atomic E-state index is 0.422. The highest BCUT2D eigenvalue weighted by Gasteiger charge is 2.11. The Bertz CT molecular complexity index is 462. The van der Waals surface area contributed by atoms with Crippen LogP contribution < -0.4 is 5.73 Å². The second kappa shape index (κ2) is 6.03. The van der Waals surface area contributed by atoms with Gasteiger partial charge in [-0.15, -0.1) is 11.3 Å². The van der Waals surface area contributed by atoms with Crippen molar-refractivity contribution in [3.8, 4) is 0 Å². The summed E-state index contributed by atoms with van der Waals surface area (Å²) in [5, 5.41) is 2.14. The van der Waals surface area contributed by atoms with Crippen LogP contribution in [0.2, 0.25) is 0 Å². The van der Waals surface area contributed by atoms with Crippen LogP contribution in [0.5, 0.6) is 0 Å². The molecule has 0 amide bonds. The molecule has 0 aliphatic rings. The van der Waals surface area contributed by atoms with Crippen LogP contribution in [-0.2, 0) is 6.42 Å². The molecule has 1 heterocycles. The molecular formula is C15H20N2S. The third-order valence-corrected chi connectivity index (χ3v) is 4.31. The second-order valence-corrected chi connectivity index (χ2v) is 5.68. The standard InChI is InChI=1S/C15H20N2S/c1-12(13-5-7-14(16)8-6-13)17(2)10-9-15-4-3-11-18-15/h3-8,11-12H,9-10,16H2,1-2H3. The lowest BCUT2D eigenvalue weighted by Crippen LogP contribution is -2.24. The minimum absolute atomic E-state index is 0.422. The molecule has 0 saturated carbocycles. The summed E-state index contributed by atoms with van der Waals surface area (Å²) < 4.78 is 0. The number of likely N-dealkylation sites (N-methyl/N-ethyl adjacent to an activating group) is 1. The zero-order chi connectivity index (χ0) is 13.0. The summed E-state index contributed by atoms with van der Waals surface area (Å²) in [5.74, 6) is 0. The van der Waals surface area contributed by atoms with Crippen molar-refractivity contribution in [3.05, 3.63) is 52.2 Å². The maximum atomic E-state index is 5.71. The number of nitrogens with two attached hydrogens (primary N) is 1. The third kappa shape index (κ3) is 3.34. The van der Waals surface area contributed by atoms with E-state index in [1.54, 1.807) is 0 Å². The van der Waals surface area contributed by atoms with E-state index in [1.807, 2.05) is 23.5 Å². The number of rotatable bonds is 5. The van der Waals surface area contributed by atoms with Gasteiger partial charge in [-0.3, -0.25) is 4.90 Å². The highest BCUT2D eigenvalue weighted by Crippen LogP contribution is 2.20. The van der Waals surface area contributed by atoms with Crippen LogP contribution in [0.3, 0.4) is 0 Å². The van der Waals surface area contributed by atoms with Crippen LogP contribution in [0.15, 0.2) is 41.8 Å². The maximum absolute atomic E-state index is 5.71. The Morgan fingerprint density at radius 2 is 1.94 bits per heavy atom. The Morgan fingerprint density at radius 3 is 2.56 bits per heavy atom. The number of anilines is 1. The first-order chi connectivity index (χ1) is 8.66. The maximum Gasteiger partial charge on any atom is 0.0316 e. The van der Waals surface area contributed by atoms with E-state index in [9.17, 15) is 0 Å². The van der Waals surface area contributed by atoms with Gasteiger partial charge in [0.2, 0.25) is 0 Å². The van der Waals surface area contributed by atoms with E-state index in [0.29, 0.717) is 6.04 Å². The minimum Gasteiger partial charge on any atom is -0.399 e. The first-order valence-corrected chi connectivity index (χ1v) is 7.13. The molecule has 0 bridgehead atoms. The van der Waals surface area contributed by atoms with Gasteiger partial charge in [-0.05, 0) is 49.5 Å². The first-order valence-electron chi connectivity index (χ1n) is 6.25. The lowest BCUT2D eigenvalue weighted by molar-refractivity contribution is 0.265. The number of thiophene rings is 1. The molecule has 96 valence electrons. The van der Waals surface area contributed by atoms with E-state index in [-0.39, 0.29) is 0 Å². The van der Waals surface area contributed by atoms with Crippen molar-refractivity contribution in [1.82, 2.24) is 4.90 Å². The van der Waals surface area contributed by atoms with E-state index >= 15 is 0 Å². The Hall–Kier alpha value is -1.32. The fraction of sp³-hybridized carbons (Fsp3) is 0.333. The average Bonchev–Trinajstić information content (AvgIpc) is 2.89. The molecule has 0 saturated heterocycles. The van der Waals surface area contributed by atoms with Gasteiger partial charge in [-0.1, -0.05) is 18.2 Å². The average molecular weight is 260 g/mol. The van der Waals surface area contributed by atoms with Crippen molar-refractivity contribution >= 4 is 17.0 Å². The van der Waals surface area contributed by atoms with E-state index in [0.717, 1.165) is 18.7 Å². The second-order valence-electron chi connectivity index (χ2n) is 4.65. The summed E-state index contributed by atoms with van der Waals surface area (Å²) in [4.78, 5) is 3.83. The van der Waals surface area contributed by atoms with Crippen LogP contribution in [0, 0.1) is 0 Å². The fourth-order valence-corrected chi connectivity index (χ4v) is 2.66. The van der Waals surface area contributed by atoms with Gasteiger partial charge in [-0.25, -0.2) is 0 Å². The number of benzene rings is 1. The van der Waals surface area contributed by atoms with Crippen LogP contribution in [-0.4, -0.2) is 18.5 Å². The molecule has 2 nitrogen and oxygen atoms in total. The first kappa shape index (κ1) is 13.1. The lowest BCUT2D eigenvalue weighted by Gasteiger charge is -2.25. The molecule has 1 aromatic carbocycles. The smallest absolute Gasteiger partial charge is 0.0316 e. The summed E-state index contributed by atoms with van der Waals surface area (Å²) in [6, 6.07) is 12.9. The molecule has 1 unspecified atom stereocenters. The molecule has 18 heavy (non-hydrogen) atoms. The van der Waals surface area contributed by atoms with Crippen LogP contribution in [0.4, 0.5) is 5.69 Å². The quantitative estimate of drug-likeness (QED) is 0.833. The molecule has 0 aliphatic heterocycles. The van der Waals surface area contributed by atoms with Gasteiger partial charge >= 0.3 is 0 Å². The molecular weight excluding hydrogens is 240 g/mol. The molecule has 0 fully saturated rings. The summed E-state index contributed by atoms with van der Waals surface area (Å²) in [6.45, 7) is 3.31. The van der Waals surface area contributed by atoms with Gasteiger partial charge in [0.25, 0.3) is 0 Å². The van der Waals surface area contributed by atoms with Crippen molar-refractivity contribution in [2.75, 3.05) is 19.3 Å². The third-order valence-electron chi connectivity index (χ3n) is 3.37. The van der Waals surface area contributed by atoms with E-state index in [4.69, 9.17) is 5.73 Å². The molecule has 2 aromatic rings. The molecule has 1 aromatic heterocycles. The predicted molar refractivity (Wildman–Crippen MR) is 79.9 cm³/mol. The number of hydrogen-bond acceptors (Lipinski definition) is 3. The molecule has 2 rings (SSSR count). The van der Waals surface area contributed by atoms with Crippen LogP contribution in [0.25, 0.3) is 0 Å². The zero-order valence-electron chi connectivity index (χ0n) is 11.0. The largest absolute Gasteiger partial charge is 0.399 e. The Balaban J connectivity index is 1.91. The Labute approximate surface area is 113 Å². The van der Waals surface area contributed by atoms with Crippen LogP contribution >= 0.6 is 11.3 Å². The van der Waals surface area contributed by atoms with Crippen molar-refractivity contribution in [1.29, 1.82) is 0 Å². The van der Waals surface area contributed by atoms with Gasteiger partial charge in [0.1, 0.15) is 0 Å². The van der Waals surface area contributed by atoms with Crippen LogP contribution in [0.1, 0.15) is 23.4 Å². The fourth-order valence-electron chi connectivity index (χ4n) is 1.96. The van der Waals surface area contributed by atoms with Crippen molar-refractivity contribution in [2.45, 2.75) is 19.4 Å². The zero-order valence-corrected chi connectivity index (χ0v) is 11.8. The summed E-state index contributed by atoms with van der Waals surface area (Å²) in [6.07, 6.45) is 1.12. The van der Waals surface area contributed by atoms with Gasteiger partial charge in [-0.2, -0.15) is 0 Å². The molecule has 2 N–H and O–H groups in total. The Kier molecular flexibility index (Phi) is 4.39. The molecule has 1 atom stereocenters. The Morgan fingerprint density at radius 1 is 1.22 bits per heavy atom. The molecule has 0 radical (unpaired) electrons. The number of nitrogen functional groups attached to an aromatic ring is 1. The molecule has 0 aliphatic carbocycles.